The molecule has 0 aliphatic rings. The van der Waals surface area contributed by atoms with Gasteiger partial charge in [0.15, 0.2) is 0 Å². The average molecular weight is 200 g/mol. The highest BCUT2D eigenvalue weighted by Crippen LogP contribution is 2.20. The fourth-order valence-electron chi connectivity index (χ4n) is 1.12. The first kappa shape index (κ1) is 10.9. The smallest absolute Gasteiger partial charge is 0.137 e. The molecule has 0 saturated heterocycles. The average Bonchev–Trinajstić information content (AvgIpc) is 2.26. The molecular formula is C12H12N2O. The molecule has 0 unspecified atom stereocenters. The molecule has 0 aliphatic heterocycles. The number of anilines is 1. The zero-order chi connectivity index (χ0) is 11.1. The molecule has 1 aromatic carbocycles. The van der Waals surface area contributed by atoms with Crippen molar-refractivity contribution in [2.75, 3.05) is 12.3 Å². The molecule has 3 heteroatoms. The first-order valence-corrected chi connectivity index (χ1v) is 4.64. The Hall–Kier alpha value is -2.13. The van der Waals surface area contributed by atoms with Gasteiger partial charge in [-0.25, -0.2) is 0 Å². The van der Waals surface area contributed by atoms with Crippen molar-refractivity contribution in [2.45, 2.75) is 12.8 Å². The Morgan fingerprint density at radius 1 is 1.47 bits per heavy atom. The Morgan fingerprint density at radius 3 is 2.93 bits per heavy atom. The summed E-state index contributed by atoms with van der Waals surface area (Å²) in [5.74, 6) is 3.09. The molecule has 0 fully saturated rings. The summed E-state index contributed by atoms with van der Waals surface area (Å²) in [5.41, 5.74) is 6.56. The monoisotopic (exact) mass is 200 g/mol. The van der Waals surface area contributed by atoms with E-state index in [-0.39, 0.29) is 0 Å². The summed E-state index contributed by atoms with van der Waals surface area (Å²) in [5, 5.41) is 8.83. The van der Waals surface area contributed by atoms with Crippen LogP contribution in [0.4, 0.5) is 5.69 Å². The molecule has 0 spiro atoms. The van der Waals surface area contributed by atoms with Crippen molar-refractivity contribution < 1.29 is 4.74 Å². The van der Waals surface area contributed by atoms with Crippen LogP contribution in [0, 0.1) is 23.7 Å². The summed E-state index contributed by atoms with van der Waals surface area (Å²) < 4.78 is 5.41. The van der Waals surface area contributed by atoms with Crippen LogP contribution in [0.15, 0.2) is 18.2 Å². The van der Waals surface area contributed by atoms with Gasteiger partial charge in [0.05, 0.1) is 12.2 Å². The quantitative estimate of drug-likeness (QED) is 0.459. The maximum Gasteiger partial charge on any atom is 0.137 e. The highest BCUT2D eigenvalue weighted by Gasteiger charge is 2.02. The summed E-state index contributed by atoms with van der Waals surface area (Å²) in [6.45, 7) is 0.517. The van der Waals surface area contributed by atoms with Crippen molar-refractivity contribution in [2.24, 2.45) is 0 Å². The number of hydrogen-bond acceptors (Lipinski definition) is 3. The van der Waals surface area contributed by atoms with E-state index in [0.717, 1.165) is 6.42 Å². The second-order valence-electron chi connectivity index (χ2n) is 3.02. The first-order chi connectivity index (χ1) is 7.27. The van der Waals surface area contributed by atoms with Crippen LogP contribution in [0.1, 0.15) is 18.4 Å². The maximum atomic E-state index is 8.83. The third-order valence-electron chi connectivity index (χ3n) is 1.85. The van der Waals surface area contributed by atoms with Gasteiger partial charge in [0.1, 0.15) is 11.8 Å². The van der Waals surface area contributed by atoms with Crippen molar-refractivity contribution in [1.29, 1.82) is 5.26 Å². The summed E-state index contributed by atoms with van der Waals surface area (Å²) in [7, 11) is 0. The van der Waals surface area contributed by atoms with Crippen LogP contribution in [0.3, 0.4) is 0 Å². The summed E-state index contributed by atoms with van der Waals surface area (Å²) in [6.07, 6.45) is 6.57. The standard InChI is InChI=1S/C12H12N2O/c1-2-3-4-7-15-12-6-5-11(14)8-10(12)9-13/h1,5-6,8H,3-4,7,14H2. The van der Waals surface area contributed by atoms with Gasteiger partial charge in [-0.1, -0.05) is 0 Å². The van der Waals surface area contributed by atoms with Crippen LogP contribution in [-0.4, -0.2) is 6.61 Å². The van der Waals surface area contributed by atoms with Gasteiger partial charge < -0.3 is 10.5 Å². The zero-order valence-corrected chi connectivity index (χ0v) is 8.36. The van der Waals surface area contributed by atoms with Crippen LogP contribution in [0.2, 0.25) is 0 Å². The molecule has 0 radical (unpaired) electrons. The first-order valence-electron chi connectivity index (χ1n) is 4.64. The Kier molecular flexibility index (Phi) is 4.06. The van der Waals surface area contributed by atoms with Crippen molar-refractivity contribution in [1.82, 2.24) is 0 Å². The van der Waals surface area contributed by atoms with Gasteiger partial charge >= 0.3 is 0 Å². The lowest BCUT2D eigenvalue weighted by Crippen LogP contribution is -1.99. The largest absolute Gasteiger partial charge is 0.492 e. The number of nitrogen functional groups attached to an aromatic ring is 1. The predicted molar refractivity (Wildman–Crippen MR) is 59.1 cm³/mol. The molecule has 0 amide bonds. The molecule has 76 valence electrons. The maximum absolute atomic E-state index is 8.83. The normalized spacial score (nSPS) is 8.93. The molecule has 0 aliphatic carbocycles. The minimum absolute atomic E-state index is 0.454. The molecule has 0 heterocycles. The number of unbranched alkanes of at least 4 members (excludes halogenated alkanes) is 1. The lowest BCUT2D eigenvalue weighted by Gasteiger charge is -2.06. The van der Waals surface area contributed by atoms with Gasteiger partial charge in [0, 0.05) is 12.1 Å². The van der Waals surface area contributed by atoms with Gasteiger partial charge in [-0.3, -0.25) is 0 Å². The van der Waals surface area contributed by atoms with Crippen molar-refractivity contribution in [3.63, 3.8) is 0 Å². The second-order valence-corrected chi connectivity index (χ2v) is 3.02. The van der Waals surface area contributed by atoms with E-state index >= 15 is 0 Å². The lowest BCUT2D eigenvalue weighted by atomic mass is 10.2. The lowest BCUT2D eigenvalue weighted by molar-refractivity contribution is 0.312. The highest BCUT2D eigenvalue weighted by molar-refractivity contribution is 5.53. The zero-order valence-electron chi connectivity index (χ0n) is 8.36. The second kappa shape index (κ2) is 5.57. The molecule has 1 aromatic rings. The van der Waals surface area contributed by atoms with E-state index in [4.69, 9.17) is 22.2 Å². The minimum Gasteiger partial charge on any atom is -0.492 e. The molecule has 3 nitrogen and oxygen atoms in total. The fraction of sp³-hybridized carbons (Fsp3) is 0.250. The Labute approximate surface area is 89.5 Å². The van der Waals surface area contributed by atoms with Gasteiger partial charge in [-0.05, 0) is 24.6 Å². The Balaban J connectivity index is 2.62. The van der Waals surface area contributed by atoms with Crippen molar-refractivity contribution in [3.8, 4) is 24.2 Å². The number of terminal acetylenes is 1. The van der Waals surface area contributed by atoms with E-state index in [9.17, 15) is 0 Å². The van der Waals surface area contributed by atoms with Crippen molar-refractivity contribution in [3.05, 3.63) is 23.8 Å². The Bertz CT molecular complexity index is 413. The molecule has 0 aromatic heterocycles. The number of benzene rings is 1. The molecular weight excluding hydrogens is 188 g/mol. The van der Waals surface area contributed by atoms with Gasteiger partial charge in [0.25, 0.3) is 0 Å². The molecule has 1 rings (SSSR count). The number of nitrogens with two attached hydrogens (primary N) is 1. The molecule has 15 heavy (non-hydrogen) atoms. The summed E-state index contributed by atoms with van der Waals surface area (Å²) >= 11 is 0. The topological polar surface area (TPSA) is 59.0 Å². The van der Waals surface area contributed by atoms with Crippen LogP contribution < -0.4 is 10.5 Å². The number of hydrogen-bond donors (Lipinski definition) is 1. The minimum atomic E-state index is 0.454. The van der Waals surface area contributed by atoms with Crippen LogP contribution in [-0.2, 0) is 0 Å². The van der Waals surface area contributed by atoms with Gasteiger partial charge in [0.2, 0.25) is 0 Å². The van der Waals surface area contributed by atoms with E-state index in [2.05, 4.69) is 5.92 Å². The fourth-order valence-corrected chi connectivity index (χ4v) is 1.12. The summed E-state index contributed by atoms with van der Waals surface area (Å²) in [6, 6.07) is 7.03. The Morgan fingerprint density at radius 2 is 2.27 bits per heavy atom. The number of ether oxygens (including phenoxy) is 1. The van der Waals surface area contributed by atoms with Crippen molar-refractivity contribution >= 4 is 5.69 Å². The van der Waals surface area contributed by atoms with E-state index in [1.807, 2.05) is 6.07 Å². The SMILES string of the molecule is C#CCCCOc1ccc(N)cc1C#N. The van der Waals surface area contributed by atoms with Gasteiger partial charge in [-0.2, -0.15) is 5.26 Å². The highest BCUT2D eigenvalue weighted by atomic mass is 16.5. The molecule has 0 atom stereocenters. The molecule has 0 bridgehead atoms. The van der Waals surface area contributed by atoms with E-state index < -0.39 is 0 Å². The number of nitrogens with zero attached hydrogens (tertiary/aromatic N) is 1. The van der Waals surface area contributed by atoms with Gasteiger partial charge in [-0.15, -0.1) is 12.3 Å². The third kappa shape index (κ3) is 3.25. The van der Waals surface area contributed by atoms with Crippen LogP contribution in [0.25, 0.3) is 0 Å². The van der Waals surface area contributed by atoms with E-state index in [1.54, 1.807) is 18.2 Å². The molecule has 2 N–H and O–H groups in total. The molecule has 0 saturated carbocycles. The number of nitriles is 1. The summed E-state index contributed by atoms with van der Waals surface area (Å²) in [4.78, 5) is 0. The number of rotatable bonds is 4. The van der Waals surface area contributed by atoms with E-state index in [1.165, 1.54) is 0 Å². The van der Waals surface area contributed by atoms with Crippen LogP contribution in [0.5, 0.6) is 5.75 Å². The predicted octanol–water partition coefficient (Wildman–Crippen LogP) is 1.93. The third-order valence-corrected chi connectivity index (χ3v) is 1.85. The van der Waals surface area contributed by atoms with Crippen LogP contribution >= 0.6 is 0 Å². The van der Waals surface area contributed by atoms with E-state index in [0.29, 0.717) is 30.0 Å².